The van der Waals surface area contributed by atoms with E-state index >= 15 is 0 Å². The third-order valence-corrected chi connectivity index (χ3v) is 9.52. The van der Waals surface area contributed by atoms with Crippen LogP contribution in [0, 0.1) is 12.1 Å². The van der Waals surface area contributed by atoms with Gasteiger partial charge in [-0.1, -0.05) is 24.3 Å². The van der Waals surface area contributed by atoms with Crippen molar-refractivity contribution in [2.24, 2.45) is 11.5 Å². The molecule has 6 N–H and O–H groups in total. The van der Waals surface area contributed by atoms with Gasteiger partial charge in [0.2, 0.25) is 0 Å². The molecule has 2 heterocycles. The Morgan fingerprint density at radius 1 is 0.500 bits per heavy atom. The highest BCUT2D eigenvalue weighted by Gasteiger charge is 2.34. The summed E-state index contributed by atoms with van der Waals surface area (Å²) >= 11 is 0. The van der Waals surface area contributed by atoms with Crippen LogP contribution in [0.2, 0.25) is 0 Å². The molecule has 0 saturated heterocycles. The molecular formula is C42H50N6O10. The zero-order chi connectivity index (χ0) is 40.7. The first-order valence-electron chi connectivity index (χ1n) is 19.5. The third kappa shape index (κ3) is 10.1. The Kier molecular flexibility index (Phi) is 15.7. The number of imide groups is 2. The largest absolute Gasteiger partial charge is 0.382 e. The fourth-order valence-electron chi connectivity index (χ4n) is 6.81. The first-order chi connectivity index (χ1) is 28.5. The van der Waals surface area contributed by atoms with Crippen molar-refractivity contribution < 1.29 is 47.6 Å². The average molecular weight is 799 g/mol. The van der Waals surface area contributed by atoms with Crippen LogP contribution in [0.4, 0.5) is 11.4 Å². The Morgan fingerprint density at radius 2 is 0.966 bits per heavy atom. The Balaban J connectivity index is 0.920. The molecule has 2 aliphatic rings. The summed E-state index contributed by atoms with van der Waals surface area (Å²) in [5, 5.41) is 9.28. The quantitative estimate of drug-likeness (QED) is 0.0505. The minimum atomic E-state index is -0.469. The first kappa shape index (κ1) is 42.4. The number of nitrogens with two attached hydrogens (primary N) is 2. The monoisotopic (exact) mass is 798 g/mol. The number of hydrogen-bond donors (Lipinski definition) is 4. The van der Waals surface area contributed by atoms with Crippen LogP contribution in [-0.2, 0) is 28.4 Å². The van der Waals surface area contributed by atoms with Crippen LogP contribution in [-0.4, -0.2) is 152 Å². The number of rotatable bonds is 27. The second-order valence-electron chi connectivity index (χ2n) is 13.3. The van der Waals surface area contributed by atoms with Gasteiger partial charge < -0.3 is 50.5 Å². The van der Waals surface area contributed by atoms with Crippen molar-refractivity contribution in [3.63, 3.8) is 0 Å². The molecule has 0 atom stereocenters. The molecule has 16 heteroatoms. The molecule has 0 aliphatic carbocycles. The van der Waals surface area contributed by atoms with E-state index in [0.29, 0.717) is 112 Å². The number of carbonyl (C=O) groups excluding carboxylic acids is 4. The number of carbonyl (C=O) groups is 4. The van der Waals surface area contributed by atoms with E-state index in [9.17, 15) is 19.2 Å². The molecule has 0 radical (unpaired) electrons. The van der Waals surface area contributed by atoms with E-state index in [4.69, 9.17) is 39.9 Å². The first-order valence-corrected chi connectivity index (χ1v) is 19.5. The van der Waals surface area contributed by atoms with Crippen LogP contribution in [0.1, 0.15) is 41.4 Å². The molecule has 308 valence electrons. The van der Waals surface area contributed by atoms with Gasteiger partial charge in [0.25, 0.3) is 23.6 Å². The van der Waals surface area contributed by atoms with Crippen molar-refractivity contribution in [3.05, 3.63) is 82.9 Å². The van der Waals surface area contributed by atoms with E-state index in [2.05, 4.69) is 22.8 Å². The zero-order valence-electron chi connectivity index (χ0n) is 32.5. The van der Waals surface area contributed by atoms with Crippen LogP contribution >= 0.6 is 0 Å². The summed E-state index contributed by atoms with van der Waals surface area (Å²) in [6.45, 7) is 6.36. The maximum atomic E-state index is 13.5. The van der Waals surface area contributed by atoms with Gasteiger partial charge in [-0.15, -0.1) is 0 Å². The molecular weight excluding hydrogens is 748 g/mol. The number of nitrogens with zero attached hydrogens (tertiary/aromatic N) is 2. The lowest BCUT2D eigenvalue weighted by Crippen LogP contribution is -2.42. The Labute approximate surface area is 336 Å². The van der Waals surface area contributed by atoms with Crippen LogP contribution in [0.5, 0.6) is 0 Å². The van der Waals surface area contributed by atoms with Gasteiger partial charge in [-0.2, -0.15) is 0 Å². The van der Waals surface area contributed by atoms with E-state index in [-0.39, 0.29) is 56.9 Å². The molecule has 0 saturated carbocycles. The van der Waals surface area contributed by atoms with E-state index in [1.165, 1.54) is 4.90 Å². The molecule has 4 aromatic rings. The molecule has 4 aromatic carbocycles. The van der Waals surface area contributed by atoms with Crippen molar-refractivity contribution >= 4 is 56.5 Å². The molecule has 0 bridgehead atoms. The Hall–Kier alpha value is -5.22. The van der Waals surface area contributed by atoms with Gasteiger partial charge >= 0.3 is 0 Å². The van der Waals surface area contributed by atoms with Gasteiger partial charge in [0.15, 0.2) is 0 Å². The van der Waals surface area contributed by atoms with E-state index < -0.39 is 11.8 Å². The molecule has 0 unspecified atom stereocenters. The van der Waals surface area contributed by atoms with Crippen molar-refractivity contribution in [1.29, 1.82) is 0 Å². The maximum Gasteiger partial charge on any atom is 0.269 e. The van der Waals surface area contributed by atoms with Crippen molar-refractivity contribution in [1.82, 2.24) is 9.80 Å². The Bertz CT molecular complexity index is 1870. The normalized spacial score (nSPS) is 13.6. The van der Waals surface area contributed by atoms with E-state index in [1.807, 2.05) is 12.1 Å². The minimum absolute atomic E-state index is 0.0332. The lowest BCUT2D eigenvalue weighted by atomic mass is 9.93. The SMILES string of the molecule is NCCOCCOCCNc1ccc2c3c(c#ccc13)C(=O)N(CCOCCOCCN1C(=O)c3cccc4c(NCCOCCOCCN)ccc(c34)C1=O)C2=O. The van der Waals surface area contributed by atoms with Gasteiger partial charge in [0.05, 0.1) is 97.9 Å². The molecule has 6 rings (SSSR count). The van der Waals surface area contributed by atoms with Gasteiger partial charge in [-0.25, -0.2) is 0 Å². The summed E-state index contributed by atoms with van der Waals surface area (Å²) in [4.78, 5) is 56.2. The summed E-state index contributed by atoms with van der Waals surface area (Å²) in [5.41, 5.74) is 13.9. The predicted octanol–water partition coefficient (Wildman–Crippen LogP) is 2.33. The topological polar surface area (TPSA) is 206 Å². The highest BCUT2D eigenvalue weighted by molar-refractivity contribution is 6.27. The van der Waals surface area contributed by atoms with Crippen molar-refractivity contribution in [2.45, 2.75) is 0 Å². The molecule has 4 amide bonds. The van der Waals surface area contributed by atoms with Crippen LogP contribution in [0.3, 0.4) is 0 Å². The number of amides is 4. The molecule has 0 fully saturated rings. The van der Waals surface area contributed by atoms with Gasteiger partial charge in [0, 0.05) is 75.8 Å². The number of anilines is 2. The zero-order valence-corrected chi connectivity index (χ0v) is 32.5. The molecule has 0 aromatic heterocycles. The second kappa shape index (κ2) is 21.5. The van der Waals surface area contributed by atoms with Gasteiger partial charge in [-0.3, -0.25) is 29.0 Å². The number of hydrogen-bond acceptors (Lipinski definition) is 14. The summed E-state index contributed by atoms with van der Waals surface area (Å²) in [5.74, 6) is -1.66. The van der Waals surface area contributed by atoms with E-state index in [0.717, 1.165) is 21.7 Å². The fourth-order valence-corrected chi connectivity index (χ4v) is 6.81. The highest BCUT2D eigenvalue weighted by Crippen LogP contribution is 2.35. The van der Waals surface area contributed by atoms with E-state index in [1.54, 1.807) is 36.4 Å². The van der Waals surface area contributed by atoms with Crippen molar-refractivity contribution in [3.8, 4) is 0 Å². The lowest BCUT2D eigenvalue weighted by Gasteiger charge is -2.28. The number of benzene rings is 3. The molecule has 2 aliphatic heterocycles. The number of nitrogens with one attached hydrogen (secondary N) is 2. The number of ether oxygens (including phenoxy) is 6. The molecule has 0 spiro atoms. The summed E-state index contributed by atoms with van der Waals surface area (Å²) in [6.07, 6.45) is 0. The smallest absolute Gasteiger partial charge is 0.269 e. The lowest BCUT2D eigenvalue weighted by molar-refractivity contribution is 0.0264. The minimum Gasteiger partial charge on any atom is -0.382 e. The standard InChI is InChI=1S/C42H50N6O10/c43-11-17-53-23-25-55-19-13-45-35-9-7-33-37-29(35)3-1-5-31(37)39(49)47(41(33)51)15-21-57-27-28-58-22-16-48-40(50)32-6-2-4-30-36(10-8-34(38(30)32)42(48)52)46-14-20-56-26-24-54-18-12-44/h1,3-5,7-10,45-46H,11-28,43-44H2. The van der Waals surface area contributed by atoms with Crippen LogP contribution < -0.4 is 22.1 Å². The Morgan fingerprint density at radius 3 is 1.52 bits per heavy atom. The van der Waals surface area contributed by atoms with Crippen molar-refractivity contribution in [2.75, 3.05) is 129 Å². The molecule has 58 heavy (non-hydrogen) atoms. The van der Waals surface area contributed by atoms with Crippen LogP contribution in [0.25, 0.3) is 21.5 Å². The average Bonchev–Trinajstić information content (AvgIpc) is 3.24. The second-order valence-corrected chi connectivity index (χ2v) is 13.3. The summed E-state index contributed by atoms with van der Waals surface area (Å²) < 4.78 is 33.2. The molecule has 16 nitrogen and oxygen atoms in total. The highest BCUT2D eigenvalue weighted by atomic mass is 16.5. The fraction of sp³-hybridized carbons (Fsp3) is 0.429. The van der Waals surface area contributed by atoms with Gasteiger partial charge in [0.1, 0.15) is 0 Å². The summed E-state index contributed by atoms with van der Waals surface area (Å²) in [6, 6.07) is 20.0. The van der Waals surface area contributed by atoms with Gasteiger partial charge in [-0.05, 0) is 36.4 Å². The predicted molar refractivity (Wildman–Crippen MR) is 216 cm³/mol. The third-order valence-electron chi connectivity index (χ3n) is 9.52. The maximum absolute atomic E-state index is 13.5. The van der Waals surface area contributed by atoms with Crippen LogP contribution in [0.15, 0.2) is 48.5 Å². The summed E-state index contributed by atoms with van der Waals surface area (Å²) in [7, 11) is 0.